The molecule has 0 saturated heterocycles. The van der Waals surface area contributed by atoms with Crippen LogP contribution in [0.25, 0.3) is 0 Å². The van der Waals surface area contributed by atoms with E-state index in [0.717, 1.165) is 4.90 Å². The van der Waals surface area contributed by atoms with E-state index in [0.29, 0.717) is 26.3 Å². The summed E-state index contributed by atoms with van der Waals surface area (Å²) in [6.45, 7) is 0.623. The summed E-state index contributed by atoms with van der Waals surface area (Å²) in [6.07, 6.45) is 0. The molecule has 0 aromatic carbocycles. The molecular formula is C14H27N3O7. The van der Waals surface area contributed by atoms with E-state index in [1.807, 2.05) is 0 Å². The van der Waals surface area contributed by atoms with Gasteiger partial charge in [0.25, 0.3) is 0 Å². The van der Waals surface area contributed by atoms with Crippen molar-refractivity contribution >= 4 is 17.8 Å². The summed E-state index contributed by atoms with van der Waals surface area (Å²) < 4.78 is 15.0. The molecule has 0 aromatic heterocycles. The van der Waals surface area contributed by atoms with Gasteiger partial charge < -0.3 is 34.9 Å². The third-order valence-electron chi connectivity index (χ3n) is 3.01. The van der Waals surface area contributed by atoms with Crippen molar-refractivity contribution in [2.45, 2.75) is 0 Å². The molecule has 0 saturated carbocycles. The minimum absolute atomic E-state index is 0.107. The van der Waals surface area contributed by atoms with E-state index in [4.69, 9.17) is 25.1 Å². The van der Waals surface area contributed by atoms with Crippen molar-refractivity contribution in [3.63, 3.8) is 0 Å². The number of carbonyl (C=O) groups is 3. The Morgan fingerprint density at radius 1 is 0.917 bits per heavy atom. The molecule has 0 atom stereocenters. The fourth-order valence-electron chi connectivity index (χ4n) is 1.78. The molecule has 0 fully saturated rings. The highest BCUT2D eigenvalue weighted by Crippen LogP contribution is 1.95. The first-order valence-electron chi connectivity index (χ1n) is 7.49. The smallest absolute Gasteiger partial charge is 0.323 e. The van der Waals surface area contributed by atoms with Gasteiger partial charge in [0, 0.05) is 40.4 Å². The van der Waals surface area contributed by atoms with Gasteiger partial charge in [0.2, 0.25) is 11.8 Å². The molecule has 0 aromatic rings. The zero-order valence-corrected chi connectivity index (χ0v) is 14.2. The van der Waals surface area contributed by atoms with Crippen molar-refractivity contribution in [1.29, 1.82) is 0 Å². The maximum absolute atomic E-state index is 12.1. The first-order chi connectivity index (χ1) is 11.5. The summed E-state index contributed by atoms with van der Waals surface area (Å²) in [7, 11) is 3.06. The molecule has 24 heavy (non-hydrogen) atoms. The molecule has 0 bridgehead atoms. The van der Waals surface area contributed by atoms with E-state index in [-0.39, 0.29) is 32.2 Å². The second-order valence-corrected chi connectivity index (χ2v) is 4.86. The summed E-state index contributed by atoms with van der Waals surface area (Å²) in [5.74, 6) is -1.98. The van der Waals surface area contributed by atoms with E-state index in [9.17, 15) is 14.4 Å². The maximum atomic E-state index is 12.1. The van der Waals surface area contributed by atoms with Gasteiger partial charge in [-0.25, -0.2) is 0 Å². The molecule has 0 unspecified atom stereocenters. The molecule has 0 aliphatic rings. The van der Waals surface area contributed by atoms with Crippen molar-refractivity contribution in [1.82, 2.24) is 9.80 Å². The Bertz CT molecular complexity index is 385. The van der Waals surface area contributed by atoms with Gasteiger partial charge in [-0.3, -0.25) is 14.4 Å². The lowest BCUT2D eigenvalue weighted by molar-refractivity contribution is -0.148. The lowest BCUT2D eigenvalue weighted by atomic mass is 10.4. The summed E-state index contributed by atoms with van der Waals surface area (Å²) >= 11 is 0. The number of ether oxygens (including phenoxy) is 3. The van der Waals surface area contributed by atoms with Gasteiger partial charge >= 0.3 is 5.97 Å². The molecule has 0 rings (SSSR count). The zero-order chi connectivity index (χ0) is 18.4. The normalized spacial score (nSPS) is 10.5. The fourth-order valence-corrected chi connectivity index (χ4v) is 1.78. The van der Waals surface area contributed by atoms with Gasteiger partial charge in [-0.15, -0.1) is 0 Å². The van der Waals surface area contributed by atoms with Crippen LogP contribution in [0.4, 0.5) is 0 Å². The minimum atomic E-state index is -1.14. The van der Waals surface area contributed by atoms with E-state index in [1.54, 1.807) is 0 Å². The molecule has 10 nitrogen and oxygen atoms in total. The van der Waals surface area contributed by atoms with Crippen molar-refractivity contribution in [3.05, 3.63) is 0 Å². The molecule has 3 N–H and O–H groups in total. The third-order valence-corrected chi connectivity index (χ3v) is 3.01. The standard InChI is InChI=1S/C14H27N3O7/c1-22-7-5-16(6-8-23-2)12(18)10-24-11-13(19)17(4-3-15)9-14(20)21/h3-11,15H2,1-2H3,(H,20,21). The Kier molecular flexibility index (Phi) is 12.7. The molecule has 0 radical (unpaired) electrons. The summed E-state index contributed by atoms with van der Waals surface area (Å²) in [5, 5.41) is 8.75. The summed E-state index contributed by atoms with van der Waals surface area (Å²) in [5.41, 5.74) is 5.34. The average Bonchev–Trinajstić information content (AvgIpc) is 2.54. The maximum Gasteiger partial charge on any atom is 0.323 e. The quantitative estimate of drug-likeness (QED) is 0.368. The number of amides is 2. The van der Waals surface area contributed by atoms with Gasteiger partial charge in [-0.2, -0.15) is 0 Å². The average molecular weight is 349 g/mol. The van der Waals surface area contributed by atoms with Crippen molar-refractivity contribution in [3.8, 4) is 0 Å². The number of carboxylic acid groups (broad SMARTS) is 1. The number of methoxy groups -OCH3 is 2. The van der Waals surface area contributed by atoms with Crippen molar-refractivity contribution < 1.29 is 33.7 Å². The van der Waals surface area contributed by atoms with Crippen LogP contribution >= 0.6 is 0 Å². The van der Waals surface area contributed by atoms with E-state index in [1.165, 1.54) is 19.1 Å². The molecular weight excluding hydrogens is 322 g/mol. The van der Waals surface area contributed by atoms with Crippen LogP contribution < -0.4 is 5.73 Å². The molecule has 140 valence electrons. The minimum Gasteiger partial charge on any atom is -0.480 e. The molecule has 0 heterocycles. The number of carboxylic acids is 1. The number of nitrogens with two attached hydrogens (primary N) is 1. The number of hydrogen-bond acceptors (Lipinski definition) is 7. The number of aliphatic carboxylic acids is 1. The van der Waals surface area contributed by atoms with Crippen LogP contribution in [0.5, 0.6) is 0 Å². The monoisotopic (exact) mass is 349 g/mol. The van der Waals surface area contributed by atoms with E-state index in [2.05, 4.69) is 0 Å². The van der Waals surface area contributed by atoms with Gasteiger partial charge in [0.1, 0.15) is 19.8 Å². The van der Waals surface area contributed by atoms with Crippen LogP contribution in [0, 0.1) is 0 Å². The molecule has 2 amide bonds. The Morgan fingerprint density at radius 2 is 1.42 bits per heavy atom. The highest BCUT2D eigenvalue weighted by molar-refractivity contribution is 5.83. The van der Waals surface area contributed by atoms with E-state index >= 15 is 0 Å². The Hall–Kier alpha value is -1.75. The highest BCUT2D eigenvalue weighted by atomic mass is 16.5. The van der Waals surface area contributed by atoms with Crippen LogP contribution in [0.2, 0.25) is 0 Å². The summed E-state index contributed by atoms with van der Waals surface area (Å²) in [4.78, 5) is 37.2. The van der Waals surface area contributed by atoms with Crippen LogP contribution in [0.3, 0.4) is 0 Å². The lowest BCUT2D eigenvalue weighted by Gasteiger charge is -2.23. The number of hydrogen-bond donors (Lipinski definition) is 2. The molecule has 0 aliphatic carbocycles. The number of nitrogens with zero attached hydrogens (tertiary/aromatic N) is 2. The summed E-state index contributed by atoms with van der Waals surface area (Å²) in [6, 6.07) is 0. The van der Waals surface area contributed by atoms with Gasteiger partial charge in [-0.05, 0) is 0 Å². The zero-order valence-electron chi connectivity index (χ0n) is 14.2. The van der Waals surface area contributed by atoms with Crippen LogP contribution in [0.15, 0.2) is 0 Å². The predicted octanol–water partition coefficient (Wildman–Crippen LogP) is -2.00. The van der Waals surface area contributed by atoms with Gasteiger partial charge in [0.15, 0.2) is 0 Å². The number of rotatable bonds is 14. The predicted molar refractivity (Wildman–Crippen MR) is 84.4 cm³/mol. The first-order valence-corrected chi connectivity index (χ1v) is 7.49. The third kappa shape index (κ3) is 10.1. The van der Waals surface area contributed by atoms with Crippen molar-refractivity contribution in [2.75, 3.05) is 73.4 Å². The second kappa shape index (κ2) is 13.7. The largest absolute Gasteiger partial charge is 0.480 e. The van der Waals surface area contributed by atoms with Crippen LogP contribution in [0.1, 0.15) is 0 Å². The Labute approximate surface area is 141 Å². The van der Waals surface area contributed by atoms with E-state index < -0.39 is 18.4 Å². The fraction of sp³-hybridized carbons (Fsp3) is 0.786. The number of carbonyl (C=O) groups excluding carboxylic acids is 2. The Morgan fingerprint density at radius 3 is 1.83 bits per heavy atom. The van der Waals surface area contributed by atoms with Crippen LogP contribution in [-0.4, -0.2) is 106 Å². The topological polar surface area (TPSA) is 132 Å². The lowest BCUT2D eigenvalue weighted by Crippen LogP contribution is -2.42. The molecule has 0 aliphatic heterocycles. The Balaban J connectivity index is 4.34. The SMILES string of the molecule is COCCN(CCOC)C(=O)COCC(=O)N(CCN)CC(=O)O. The first kappa shape index (κ1) is 22.2. The second-order valence-electron chi connectivity index (χ2n) is 4.86. The van der Waals surface area contributed by atoms with Gasteiger partial charge in [-0.1, -0.05) is 0 Å². The molecule has 0 spiro atoms. The van der Waals surface area contributed by atoms with Gasteiger partial charge in [0.05, 0.1) is 13.2 Å². The van der Waals surface area contributed by atoms with Crippen molar-refractivity contribution in [2.24, 2.45) is 5.73 Å². The molecule has 10 heteroatoms. The van der Waals surface area contributed by atoms with Crippen LogP contribution in [-0.2, 0) is 28.6 Å². The highest BCUT2D eigenvalue weighted by Gasteiger charge is 2.18.